The Morgan fingerprint density at radius 2 is 1.23 bits per heavy atom. The van der Waals surface area contributed by atoms with Gasteiger partial charge in [0.15, 0.2) is 5.11 Å². The maximum Gasteiger partial charge on any atom is 0.173 e. The van der Waals surface area contributed by atoms with Gasteiger partial charge in [-0.2, -0.15) is 0 Å². The summed E-state index contributed by atoms with van der Waals surface area (Å²) in [7, 11) is 0. The van der Waals surface area contributed by atoms with Gasteiger partial charge in [-0.1, -0.05) is 42.5 Å². The third-order valence-corrected chi connectivity index (χ3v) is 6.71. The van der Waals surface area contributed by atoms with Crippen molar-refractivity contribution in [1.82, 2.24) is 9.80 Å². The average molecular weight is 429 g/mol. The van der Waals surface area contributed by atoms with Gasteiger partial charge in [-0.05, 0) is 72.6 Å². The highest BCUT2D eigenvalue weighted by Crippen LogP contribution is 2.26. The van der Waals surface area contributed by atoms with Crippen LogP contribution in [0.3, 0.4) is 0 Å². The fourth-order valence-electron chi connectivity index (χ4n) is 4.61. The summed E-state index contributed by atoms with van der Waals surface area (Å²) in [6, 6.07) is 28.0. The molecule has 0 amide bonds. The van der Waals surface area contributed by atoms with Crippen molar-refractivity contribution in [1.29, 1.82) is 0 Å². The van der Waals surface area contributed by atoms with Crippen molar-refractivity contribution in [3.63, 3.8) is 0 Å². The van der Waals surface area contributed by atoms with Gasteiger partial charge in [0, 0.05) is 49.3 Å². The first kappa shape index (κ1) is 20.0. The number of hydrogen-bond acceptors (Lipinski definition) is 3. The summed E-state index contributed by atoms with van der Waals surface area (Å²) >= 11 is 5.70. The van der Waals surface area contributed by atoms with Crippen LogP contribution in [0.25, 0.3) is 0 Å². The zero-order chi connectivity index (χ0) is 21.0. The summed E-state index contributed by atoms with van der Waals surface area (Å²) in [5.41, 5.74) is 6.22. The second kappa shape index (κ2) is 9.08. The molecule has 1 saturated heterocycles. The average Bonchev–Trinajstić information content (AvgIpc) is 3.25. The van der Waals surface area contributed by atoms with Gasteiger partial charge in [-0.15, -0.1) is 0 Å². The molecular formula is C26H28N4S. The Morgan fingerprint density at radius 3 is 1.87 bits per heavy atom. The number of hydrogen-bond donors (Lipinski definition) is 2. The number of rotatable bonds is 4. The molecule has 0 bridgehead atoms. The van der Waals surface area contributed by atoms with Crippen molar-refractivity contribution < 1.29 is 0 Å². The molecule has 0 atom stereocenters. The Bertz CT molecular complexity index is 1000. The van der Waals surface area contributed by atoms with Gasteiger partial charge in [-0.3, -0.25) is 4.90 Å². The zero-order valence-electron chi connectivity index (χ0n) is 17.6. The van der Waals surface area contributed by atoms with Crippen LogP contribution < -0.4 is 10.6 Å². The summed E-state index contributed by atoms with van der Waals surface area (Å²) in [4.78, 5) is 4.94. The largest absolute Gasteiger partial charge is 0.356 e. The lowest BCUT2D eigenvalue weighted by Crippen LogP contribution is -2.53. The van der Waals surface area contributed by atoms with E-state index in [-0.39, 0.29) is 0 Å². The van der Waals surface area contributed by atoms with Crippen molar-refractivity contribution in [3.8, 4) is 0 Å². The molecule has 158 valence electrons. The maximum atomic E-state index is 5.70. The van der Waals surface area contributed by atoms with Crippen molar-refractivity contribution in [3.05, 3.63) is 90.0 Å². The van der Waals surface area contributed by atoms with Crippen LogP contribution in [0.5, 0.6) is 0 Å². The van der Waals surface area contributed by atoms with E-state index in [1.165, 1.54) is 24.0 Å². The molecule has 0 spiro atoms. The van der Waals surface area contributed by atoms with Crippen LogP contribution >= 0.6 is 12.2 Å². The van der Waals surface area contributed by atoms with E-state index in [0.29, 0.717) is 6.04 Å². The van der Waals surface area contributed by atoms with E-state index in [9.17, 15) is 0 Å². The quantitative estimate of drug-likeness (QED) is 0.577. The number of para-hydroxylation sites is 1. The Hall–Kier alpha value is -2.89. The Labute approximate surface area is 189 Å². The fourth-order valence-corrected chi connectivity index (χ4v) is 4.91. The summed E-state index contributed by atoms with van der Waals surface area (Å²) < 4.78 is 0. The molecule has 5 heteroatoms. The van der Waals surface area contributed by atoms with E-state index in [4.69, 9.17) is 12.2 Å². The minimum absolute atomic E-state index is 0.644. The van der Waals surface area contributed by atoms with Gasteiger partial charge in [0.1, 0.15) is 0 Å². The highest BCUT2D eigenvalue weighted by atomic mass is 32.1. The van der Waals surface area contributed by atoms with Gasteiger partial charge in [-0.25, -0.2) is 0 Å². The molecule has 2 N–H and O–H groups in total. The molecule has 1 aliphatic carbocycles. The summed E-state index contributed by atoms with van der Waals surface area (Å²) in [5, 5.41) is 7.64. The molecule has 0 saturated carbocycles. The molecule has 0 radical (unpaired) electrons. The molecule has 2 aliphatic rings. The highest BCUT2D eigenvalue weighted by molar-refractivity contribution is 7.80. The summed E-state index contributed by atoms with van der Waals surface area (Å²) in [6.07, 6.45) is 2.37. The van der Waals surface area contributed by atoms with Crippen molar-refractivity contribution in [2.24, 2.45) is 0 Å². The monoisotopic (exact) mass is 428 g/mol. The zero-order valence-corrected chi connectivity index (χ0v) is 18.4. The van der Waals surface area contributed by atoms with E-state index >= 15 is 0 Å². The lowest BCUT2D eigenvalue weighted by atomic mass is 10.1. The minimum atomic E-state index is 0.644. The first-order chi connectivity index (χ1) is 15.2. The molecule has 1 heterocycles. The predicted octanol–water partition coefficient (Wildman–Crippen LogP) is 4.91. The van der Waals surface area contributed by atoms with Gasteiger partial charge >= 0.3 is 0 Å². The Morgan fingerprint density at radius 1 is 0.677 bits per heavy atom. The number of benzene rings is 3. The van der Waals surface area contributed by atoms with Crippen LogP contribution in [0, 0.1) is 0 Å². The van der Waals surface area contributed by atoms with Crippen LogP contribution in [0.2, 0.25) is 0 Å². The van der Waals surface area contributed by atoms with Gasteiger partial charge in [0.25, 0.3) is 0 Å². The van der Waals surface area contributed by atoms with Gasteiger partial charge in [0.05, 0.1) is 0 Å². The number of anilines is 3. The van der Waals surface area contributed by atoms with Crippen LogP contribution in [0.1, 0.15) is 11.1 Å². The first-order valence-corrected chi connectivity index (χ1v) is 11.4. The molecule has 3 aromatic carbocycles. The predicted molar refractivity (Wildman–Crippen MR) is 133 cm³/mol. The third kappa shape index (κ3) is 4.73. The van der Waals surface area contributed by atoms with E-state index in [1.807, 2.05) is 18.2 Å². The molecule has 5 rings (SSSR count). The minimum Gasteiger partial charge on any atom is -0.356 e. The molecular weight excluding hydrogens is 400 g/mol. The highest BCUT2D eigenvalue weighted by Gasteiger charge is 2.29. The SMILES string of the molecule is S=C(Nc1ccc(Nc2ccccc2)cc1)N1CCN(C2Cc3ccccc3C2)CC1. The van der Waals surface area contributed by atoms with Gasteiger partial charge < -0.3 is 15.5 Å². The molecule has 4 nitrogen and oxygen atoms in total. The normalized spacial score (nSPS) is 16.7. The maximum absolute atomic E-state index is 5.70. The second-order valence-corrected chi connectivity index (χ2v) is 8.74. The number of nitrogens with one attached hydrogen (secondary N) is 2. The van der Waals surface area contributed by atoms with Crippen LogP contribution in [-0.2, 0) is 12.8 Å². The van der Waals surface area contributed by atoms with E-state index in [1.54, 1.807) is 0 Å². The van der Waals surface area contributed by atoms with Crippen molar-refractivity contribution >= 4 is 34.4 Å². The van der Waals surface area contributed by atoms with Crippen molar-refractivity contribution in [2.75, 3.05) is 36.8 Å². The lowest BCUT2D eigenvalue weighted by molar-refractivity contribution is 0.137. The smallest absolute Gasteiger partial charge is 0.173 e. The first-order valence-electron chi connectivity index (χ1n) is 11.0. The van der Waals surface area contributed by atoms with E-state index in [0.717, 1.165) is 48.4 Å². The summed E-state index contributed by atoms with van der Waals surface area (Å²) in [6.45, 7) is 4.10. The Balaban J connectivity index is 1.11. The van der Waals surface area contributed by atoms with E-state index < -0.39 is 0 Å². The van der Waals surface area contributed by atoms with Crippen LogP contribution in [-0.4, -0.2) is 47.1 Å². The third-order valence-electron chi connectivity index (χ3n) is 6.35. The number of nitrogens with zero attached hydrogens (tertiary/aromatic N) is 2. The lowest BCUT2D eigenvalue weighted by Gasteiger charge is -2.39. The van der Waals surface area contributed by atoms with E-state index in [2.05, 4.69) is 81.1 Å². The number of fused-ring (bicyclic) bond motifs is 1. The number of piperazine rings is 1. The molecule has 0 unspecified atom stereocenters. The standard InChI is InChI=1S/C26H28N4S/c31-26(28-24-12-10-23(11-13-24)27-22-8-2-1-3-9-22)30-16-14-29(15-17-30)25-18-20-6-4-5-7-21(20)19-25/h1-13,25,27H,14-19H2,(H,28,31). The topological polar surface area (TPSA) is 30.5 Å². The molecule has 0 aromatic heterocycles. The van der Waals surface area contributed by atoms with Crippen molar-refractivity contribution in [2.45, 2.75) is 18.9 Å². The fraction of sp³-hybridized carbons (Fsp3) is 0.269. The molecule has 3 aromatic rings. The van der Waals surface area contributed by atoms with Gasteiger partial charge in [0.2, 0.25) is 0 Å². The molecule has 31 heavy (non-hydrogen) atoms. The summed E-state index contributed by atoms with van der Waals surface area (Å²) in [5.74, 6) is 0. The number of thiocarbonyl (C=S) groups is 1. The second-order valence-electron chi connectivity index (χ2n) is 8.35. The van der Waals surface area contributed by atoms with Crippen LogP contribution in [0.4, 0.5) is 17.1 Å². The Kier molecular flexibility index (Phi) is 5.87. The molecule has 1 fully saturated rings. The molecule has 1 aliphatic heterocycles. The van der Waals surface area contributed by atoms with Crippen LogP contribution in [0.15, 0.2) is 78.9 Å².